The summed E-state index contributed by atoms with van der Waals surface area (Å²) in [6, 6.07) is 5.37. The molecule has 2 aromatic rings. The van der Waals surface area contributed by atoms with Gasteiger partial charge in [-0.25, -0.2) is 0 Å². The number of ether oxygens (including phenoxy) is 1. The van der Waals surface area contributed by atoms with E-state index in [9.17, 15) is 0 Å². The molecule has 0 aliphatic carbocycles. The number of halogens is 2. The summed E-state index contributed by atoms with van der Waals surface area (Å²) in [5.74, 6) is 0.914. The topological polar surface area (TPSA) is 35.3 Å². The van der Waals surface area contributed by atoms with Crippen LogP contribution in [0.5, 0.6) is 11.8 Å². The maximum atomic E-state index is 5.86. The molecule has 0 saturated heterocycles. The molecule has 0 fully saturated rings. The summed E-state index contributed by atoms with van der Waals surface area (Å²) < 4.78 is 10.5. The van der Waals surface area contributed by atoms with E-state index in [1.54, 1.807) is 12.1 Å². The number of oxazole rings is 1. The molecule has 1 aromatic carbocycles. The highest BCUT2D eigenvalue weighted by molar-refractivity contribution is 6.30. The SMILES string of the molecule is Cc1ccc(Cl)cc1Oc1nc(CCl)co1. The van der Waals surface area contributed by atoms with Gasteiger partial charge in [0, 0.05) is 5.02 Å². The van der Waals surface area contributed by atoms with Crippen LogP contribution in [0, 0.1) is 6.92 Å². The van der Waals surface area contributed by atoms with Crippen LogP contribution in [0.3, 0.4) is 0 Å². The summed E-state index contributed by atoms with van der Waals surface area (Å²) in [6.07, 6.45) is 1.63. The average Bonchev–Trinajstić information content (AvgIpc) is 2.71. The molecule has 16 heavy (non-hydrogen) atoms. The summed E-state index contributed by atoms with van der Waals surface area (Å²) >= 11 is 11.5. The molecule has 0 N–H and O–H groups in total. The van der Waals surface area contributed by atoms with E-state index in [0.29, 0.717) is 22.3 Å². The van der Waals surface area contributed by atoms with Crippen LogP contribution in [-0.4, -0.2) is 4.98 Å². The van der Waals surface area contributed by atoms with Gasteiger partial charge in [-0.1, -0.05) is 17.7 Å². The normalized spacial score (nSPS) is 10.4. The van der Waals surface area contributed by atoms with Crippen molar-refractivity contribution in [1.29, 1.82) is 0 Å². The number of rotatable bonds is 3. The van der Waals surface area contributed by atoms with Crippen LogP contribution in [0.1, 0.15) is 11.3 Å². The lowest BCUT2D eigenvalue weighted by atomic mass is 10.2. The zero-order valence-corrected chi connectivity index (χ0v) is 10.0. The van der Waals surface area contributed by atoms with Crippen molar-refractivity contribution in [2.75, 3.05) is 0 Å². The molecule has 0 aliphatic heterocycles. The lowest BCUT2D eigenvalue weighted by molar-refractivity contribution is 0.329. The molecule has 0 saturated carbocycles. The zero-order chi connectivity index (χ0) is 11.5. The highest BCUT2D eigenvalue weighted by Crippen LogP contribution is 2.27. The molecule has 1 heterocycles. The van der Waals surface area contributed by atoms with Gasteiger partial charge < -0.3 is 9.15 Å². The van der Waals surface area contributed by atoms with E-state index in [1.807, 2.05) is 13.0 Å². The fourth-order valence-corrected chi connectivity index (χ4v) is 1.46. The van der Waals surface area contributed by atoms with Crippen molar-refractivity contribution in [3.63, 3.8) is 0 Å². The number of benzene rings is 1. The van der Waals surface area contributed by atoms with Gasteiger partial charge in [-0.05, 0) is 24.6 Å². The minimum Gasteiger partial charge on any atom is -0.417 e. The number of aromatic nitrogens is 1. The van der Waals surface area contributed by atoms with Gasteiger partial charge in [0.25, 0.3) is 0 Å². The fourth-order valence-electron chi connectivity index (χ4n) is 1.17. The predicted octanol–water partition coefficient (Wildman–Crippen LogP) is 4.17. The van der Waals surface area contributed by atoms with Gasteiger partial charge in [-0.3, -0.25) is 0 Å². The third-order valence-electron chi connectivity index (χ3n) is 2.02. The molecule has 5 heteroatoms. The second-order valence-corrected chi connectivity index (χ2v) is 3.95. The quantitative estimate of drug-likeness (QED) is 0.775. The van der Waals surface area contributed by atoms with Crippen LogP contribution < -0.4 is 4.74 Å². The van der Waals surface area contributed by atoms with Gasteiger partial charge in [-0.2, -0.15) is 4.98 Å². The Morgan fingerprint density at radius 2 is 2.25 bits per heavy atom. The van der Waals surface area contributed by atoms with E-state index in [4.69, 9.17) is 32.4 Å². The van der Waals surface area contributed by atoms with E-state index >= 15 is 0 Å². The van der Waals surface area contributed by atoms with Crippen molar-refractivity contribution in [2.24, 2.45) is 0 Å². The molecular weight excluding hydrogens is 249 g/mol. The number of hydrogen-bond donors (Lipinski definition) is 0. The van der Waals surface area contributed by atoms with Crippen molar-refractivity contribution in [3.8, 4) is 11.8 Å². The predicted molar refractivity (Wildman–Crippen MR) is 62.3 cm³/mol. The maximum Gasteiger partial charge on any atom is 0.399 e. The largest absolute Gasteiger partial charge is 0.417 e. The van der Waals surface area contributed by atoms with Gasteiger partial charge in [0.05, 0.1) is 11.6 Å². The molecule has 0 unspecified atom stereocenters. The number of alkyl halides is 1. The summed E-state index contributed by atoms with van der Waals surface area (Å²) in [7, 11) is 0. The molecule has 0 radical (unpaired) electrons. The van der Waals surface area contributed by atoms with Crippen LogP contribution in [0.2, 0.25) is 5.02 Å². The Bertz CT molecular complexity index is 496. The minimum absolute atomic E-state index is 0.168. The van der Waals surface area contributed by atoms with Gasteiger partial charge in [0.2, 0.25) is 0 Å². The molecule has 0 aliphatic rings. The first kappa shape index (κ1) is 11.3. The van der Waals surface area contributed by atoms with Crippen molar-refractivity contribution in [1.82, 2.24) is 4.98 Å². The first-order chi connectivity index (χ1) is 7.69. The molecule has 1 aromatic heterocycles. The van der Waals surface area contributed by atoms with E-state index < -0.39 is 0 Å². The van der Waals surface area contributed by atoms with Gasteiger partial charge in [0.1, 0.15) is 12.0 Å². The Morgan fingerprint density at radius 1 is 1.44 bits per heavy atom. The summed E-state index contributed by atoms with van der Waals surface area (Å²) in [6.45, 7) is 1.91. The van der Waals surface area contributed by atoms with Crippen LogP contribution >= 0.6 is 23.2 Å². The third kappa shape index (κ3) is 2.49. The lowest BCUT2D eigenvalue weighted by Gasteiger charge is -2.04. The average molecular weight is 258 g/mol. The number of nitrogens with zero attached hydrogens (tertiary/aromatic N) is 1. The Labute approximate surface area is 103 Å². The molecule has 2 rings (SSSR count). The molecule has 84 valence electrons. The first-order valence-electron chi connectivity index (χ1n) is 4.63. The van der Waals surface area contributed by atoms with Crippen LogP contribution in [0.25, 0.3) is 0 Å². The smallest absolute Gasteiger partial charge is 0.399 e. The Balaban J connectivity index is 2.22. The first-order valence-corrected chi connectivity index (χ1v) is 5.54. The van der Waals surface area contributed by atoms with Gasteiger partial charge >= 0.3 is 6.08 Å². The lowest BCUT2D eigenvalue weighted by Crippen LogP contribution is -1.88. The van der Waals surface area contributed by atoms with Gasteiger partial charge in [0.15, 0.2) is 0 Å². The van der Waals surface area contributed by atoms with Crippen molar-refractivity contribution in [3.05, 3.63) is 40.7 Å². The summed E-state index contributed by atoms with van der Waals surface area (Å²) in [4.78, 5) is 4.03. The fraction of sp³-hybridized carbons (Fsp3) is 0.182. The molecule has 0 atom stereocenters. The standard InChI is InChI=1S/C11H9Cl2NO2/c1-7-2-3-8(13)4-10(7)16-11-14-9(5-12)6-15-11/h2-4,6H,5H2,1H3. The second kappa shape index (κ2) is 4.76. The Morgan fingerprint density at radius 3 is 2.94 bits per heavy atom. The maximum absolute atomic E-state index is 5.86. The zero-order valence-electron chi connectivity index (χ0n) is 8.54. The Kier molecular flexibility index (Phi) is 3.36. The molecule has 0 amide bonds. The van der Waals surface area contributed by atoms with E-state index in [0.717, 1.165) is 5.56 Å². The highest BCUT2D eigenvalue weighted by atomic mass is 35.5. The molecule has 0 spiro atoms. The summed E-state index contributed by atoms with van der Waals surface area (Å²) in [5, 5.41) is 0.602. The highest BCUT2D eigenvalue weighted by Gasteiger charge is 2.08. The van der Waals surface area contributed by atoms with Crippen molar-refractivity contribution in [2.45, 2.75) is 12.8 Å². The summed E-state index contributed by atoms with van der Waals surface area (Å²) in [5.41, 5.74) is 1.59. The van der Waals surface area contributed by atoms with E-state index in [2.05, 4.69) is 4.98 Å². The van der Waals surface area contributed by atoms with Crippen molar-refractivity contribution >= 4 is 23.2 Å². The van der Waals surface area contributed by atoms with Crippen LogP contribution in [-0.2, 0) is 5.88 Å². The van der Waals surface area contributed by atoms with Crippen LogP contribution in [0.15, 0.2) is 28.9 Å². The molecule has 0 bridgehead atoms. The van der Waals surface area contributed by atoms with Crippen molar-refractivity contribution < 1.29 is 9.15 Å². The van der Waals surface area contributed by atoms with E-state index in [-0.39, 0.29) is 6.08 Å². The van der Waals surface area contributed by atoms with Crippen LogP contribution in [0.4, 0.5) is 0 Å². The monoisotopic (exact) mass is 257 g/mol. The molecular formula is C11H9Cl2NO2. The molecule has 3 nitrogen and oxygen atoms in total. The second-order valence-electron chi connectivity index (χ2n) is 3.25. The minimum atomic E-state index is 0.168. The van der Waals surface area contributed by atoms with E-state index in [1.165, 1.54) is 6.26 Å². The van der Waals surface area contributed by atoms with Gasteiger partial charge in [-0.15, -0.1) is 11.6 Å². The third-order valence-corrected chi connectivity index (χ3v) is 2.52. The number of aryl methyl sites for hydroxylation is 1. The number of hydrogen-bond acceptors (Lipinski definition) is 3. The Hall–Kier alpha value is -1.19.